The van der Waals surface area contributed by atoms with Crippen molar-refractivity contribution in [3.8, 4) is 0 Å². The molecule has 2 rings (SSSR count). The number of benzene rings is 1. The van der Waals surface area contributed by atoms with Crippen LogP contribution in [0.4, 0.5) is 10.2 Å². The zero-order chi connectivity index (χ0) is 17.5. The molecule has 126 valence electrons. The van der Waals surface area contributed by atoms with E-state index in [0.717, 1.165) is 6.21 Å². The van der Waals surface area contributed by atoms with E-state index in [1.807, 2.05) is 10.1 Å². The van der Waals surface area contributed by atoms with Gasteiger partial charge in [0.15, 0.2) is 0 Å². The molecule has 1 amide bonds. The van der Waals surface area contributed by atoms with E-state index in [1.165, 1.54) is 18.2 Å². The summed E-state index contributed by atoms with van der Waals surface area (Å²) >= 11 is 5.80. The first-order valence-corrected chi connectivity index (χ1v) is 7.04. The molecule has 0 spiro atoms. The molecule has 0 aliphatic carbocycles. The van der Waals surface area contributed by atoms with Gasteiger partial charge in [0, 0.05) is 18.5 Å². The topological polar surface area (TPSA) is 132 Å². The molecule has 0 saturated heterocycles. The van der Waals surface area contributed by atoms with Gasteiger partial charge in [0.2, 0.25) is 11.7 Å². The lowest BCUT2D eigenvalue weighted by Gasteiger charge is -2.03. The molecule has 0 aliphatic heterocycles. The molecular formula is C13H12ClFN6O3. The molecule has 0 unspecified atom stereocenters. The number of nitrogens with zero attached hydrogens (tertiary/aromatic N) is 2. The van der Waals surface area contributed by atoms with Gasteiger partial charge >= 0.3 is 5.69 Å². The van der Waals surface area contributed by atoms with Crippen LogP contribution in [-0.4, -0.2) is 33.8 Å². The Kier molecular flexibility index (Phi) is 5.79. The van der Waals surface area contributed by atoms with Crippen molar-refractivity contribution in [1.82, 2.24) is 20.6 Å². The summed E-state index contributed by atoms with van der Waals surface area (Å²) in [4.78, 5) is 35.7. The molecule has 0 atom stereocenters. The molecule has 0 fully saturated rings. The zero-order valence-corrected chi connectivity index (χ0v) is 12.9. The molecule has 0 saturated carbocycles. The van der Waals surface area contributed by atoms with Crippen LogP contribution in [0, 0.1) is 5.82 Å². The van der Waals surface area contributed by atoms with Gasteiger partial charge in [-0.25, -0.2) is 19.7 Å². The largest absolute Gasteiger partial charge is 0.364 e. The van der Waals surface area contributed by atoms with Gasteiger partial charge in [0.05, 0.1) is 11.2 Å². The molecule has 0 radical (unpaired) electrons. The van der Waals surface area contributed by atoms with Crippen molar-refractivity contribution >= 4 is 29.5 Å². The maximum absolute atomic E-state index is 13.5. The van der Waals surface area contributed by atoms with Crippen LogP contribution in [0.2, 0.25) is 5.02 Å². The number of hydrogen-bond donors (Lipinski definition) is 4. The fourth-order valence-electron chi connectivity index (χ4n) is 1.62. The SMILES string of the molecule is O=C(CCNc1n[nH]c(=O)[nH]c1=O)N/N=C\c1c(F)cccc1Cl. The molecule has 11 heteroatoms. The Hall–Kier alpha value is -3.01. The minimum atomic E-state index is -0.732. The standard InChI is InChI=1S/C13H12ClFN6O3/c14-8-2-1-3-9(15)7(8)6-17-19-10(22)4-5-16-11-12(23)18-13(24)21-20-11/h1-3,6H,4-5H2,(H,16,20)(H,19,22)(H2,18,21,23,24)/b17-6-. The van der Waals surface area contributed by atoms with E-state index in [4.69, 9.17) is 11.6 Å². The molecular weight excluding hydrogens is 343 g/mol. The molecule has 1 aromatic carbocycles. The van der Waals surface area contributed by atoms with Crippen molar-refractivity contribution in [3.63, 3.8) is 0 Å². The number of anilines is 1. The number of hydrogen-bond acceptors (Lipinski definition) is 6. The van der Waals surface area contributed by atoms with Gasteiger partial charge in [0.25, 0.3) is 5.56 Å². The average Bonchev–Trinajstić information content (AvgIpc) is 2.52. The molecule has 9 nitrogen and oxygen atoms in total. The summed E-state index contributed by atoms with van der Waals surface area (Å²) in [5, 5.41) is 11.9. The first-order valence-electron chi connectivity index (χ1n) is 6.66. The predicted molar refractivity (Wildman–Crippen MR) is 85.7 cm³/mol. The Morgan fingerprint density at radius 2 is 2.21 bits per heavy atom. The maximum Gasteiger partial charge on any atom is 0.342 e. The normalized spacial score (nSPS) is 10.8. The third-order valence-electron chi connectivity index (χ3n) is 2.74. The Morgan fingerprint density at radius 3 is 2.92 bits per heavy atom. The molecule has 0 bridgehead atoms. The van der Waals surface area contributed by atoms with Crippen molar-refractivity contribution in [1.29, 1.82) is 0 Å². The average molecular weight is 355 g/mol. The molecule has 0 aliphatic rings. The first-order chi connectivity index (χ1) is 11.5. The summed E-state index contributed by atoms with van der Waals surface area (Å²) in [5.41, 5.74) is 0.819. The minimum Gasteiger partial charge on any atom is -0.364 e. The number of aromatic nitrogens is 3. The number of rotatable bonds is 6. The van der Waals surface area contributed by atoms with Gasteiger partial charge in [-0.1, -0.05) is 17.7 Å². The van der Waals surface area contributed by atoms with Gasteiger partial charge < -0.3 is 5.32 Å². The summed E-state index contributed by atoms with van der Waals surface area (Å²) in [7, 11) is 0. The molecule has 4 N–H and O–H groups in total. The Balaban J connectivity index is 1.82. The molecule has 1 aromatic heterocycles. The van der Waals surface area contributed by atoms with Crippen LogP contribution in [0.3, 0.4) is 0 Å². The lowest BCUT2D eigenvalue weighted by molar-refractivity contribution is -0.120. The van der Waals surface area contributed by atoms with E-state index >= 15 is 0 Å². The van der Waals surface area contributed by atoms with Crippen LogP contribution in [0.1, 0.15) is 12.0 Å². The second kappa shape index (κ2) is 8.02. The van der Waals surface area contributed by atoms with Crippen molar-refractivity contribution in [2.45, 2.75) is 6.42 Å². The summed E-state index contributed by atoms with van der Waals surface area (Å²) in [5.74, 6) is -1.17. The number of hydrazone groups is 1. The summed E-state index contributed by atoms with van der Waals surface area (Å²) in [6.07, 6.45) is 1.06. The van der Waals surface area contributed by atoms with Crippen LogP contribution in [0.15, 0.2) is 32.9 Å². The lowest BCUT2D eigenvalue weighted by Crippen LogP contribution is -2.28. The lowest BCUT2D eigenvalue weighted by atomic mass is 10.2. The third kappa shape index (κ3) is 4.74. The molecule has 1 heterocycles. The van der Waals surface area contributed by atoms with Crippen LogP contribution in [-0.2, 0) is 4.79 Å². The van der Waals surface area contributed by atoms with E-state index in [1.54, 1.807) is 0 Å². The Bertz CT molecular complexity index is 858. The van der Waals surface area contributed by atoms with E-state index in [9.17, 15) is 18.8 Å². The van der Waals surface area contributed by atoms with E-state index in [0.29, 0.717) is 0 Å². The highest BCUT2D eigenvalue weighted by molar-refractivity contribution is 6.33. The highest BCUT2D eigenvalue weighted by atomic mass is 35.5. The highest BCUT2D eigenvalue weighted by Gasteiger charge is 2.05. The first kappa shape index (κ1) is 17.3. The Morgan fingerprint density at radius 1 is 1.42 bits per heavy atom. The maximum atomic E-state index is 13.5. The smallest absolute Gasteiger partial charge is 0.342 e. The van der Waals surface area contributed by atoms with Crippen molar-refractivity contribution in [2.75, 3.05) is 11.9 Å². The van der Waals surface area contributed by atoms with Crippen LogP contribution < -0.4 is 22.0 Å². The number of carbonyl (C=O) groups is 1. The number of halogens is 2. The predicted octanol–water partition coefficient (Wildman–Crippen LogP) is 0.203. The quantitative estimate of drug-likeness (QED) is 0.434. The van der Waals surface area contributed by atoms with Gasteiger partial charge in [-0.2, -0.15) is 5.10 Å². The fourth-order valence-corrected chi connectivity index (χ4v) is 1.83. The summed E-state index contributed by atoms with van der Waals surface area (Å²) < 4.78 is 13.5. The van der Waals surface area contributed by atoms with E-state index < -0.39 is 23.0 Å². The van der Waals surface area contributed by atoms with Crippen molar-refractivity contribution < 1.29 is 9.18 Å². The van der Waals surface area contributed by atoms with Gasteiger partial charge in [-0.3, -0.25) is 14.6 Å². The third-order valence-corrected chi connectivity index (χ3v) is 3.07. The number of H-pyrrole nitrogens is 2. The number of carbonyl (C=O) groups excluding carboxylic acids is 1. The van der Waals surface area contributed by atoms with E-state index in [2.05, 4.69) is 20.9 Å². The van der Waals surface area contributed by atoms with E-state index in [-0.39, 0.29) is 29.4 Å². The number of nitrogens with one attached hydrogen (secondary N) is 4. The van der Waals surface area contributed by atoms with Gasteiger partial charge in [-0.15, -0.1) is 5.10 Å². The molecule has 2 aromatic rings. The summed E-state index contributed by atoms with van der Waals surface area (Å²) in [6.45, 7) is 0.0733. The van der Waals surface area contributed by atoms with Gasteiger partial charge in [-0.05, 0) is 12.1 Å². The van der Waals surface area contributed by atoms with Crippen LogP contribution in [0.5, 0.6) is 0 Å². The van der Waals surface area contributed by atoms with Crippen molar-refractivity contribution in [3.05, 3.63) is 55.4 Å². The summed E-state index contributed by atoms with van der Waals surface area (Å²) in [6, 6.07) is 4.16. The van der Waals surface area contributed by atoms with Crippen molar-refractivity contribution in [2.24, 2.45) is 5.10 Å². The Labute approximate surface area is 138 Å². The monoisotopic (exact) mass is 354 g/mol. The number of aromatic amines is 2. The van der Waals surface area contributed by atoms with Gasteiger partial charge in [0.1, 0.15) is 5.82 Å². The fraction of sp³-hybridized carbons (Fsp3) is 0.154. The van der Waals surface area contributed by atoms with Crippen LogP contribution in [0.25, 0.3) is 0 Å². The number of amides is 1. The molecule has 24 heavy (non-hydrogen) atoms. The minimum absolute atomic E-state index is 0.0391. The second-order valence-electron chi connectivity index (χ2n) is 4.46. The van der Waals surface area contributed by atoms with Crippen LogP contribution >= 0.6 is 11.6 Å². The highest BCUT2D eigenvalue weighted by Crippen LogP contribution is 2.16. The second-order valence-corrected chi connectivity index (χ2v) is 4.87. The zero-order valence-electron chi connectivity index (χ0n) is 12.1.